The Morgan fingerprint density at radius 3 is 2.68 bits per heavy atom. The fourth-order valence-corrected chi connectivity index (χ4v) is 2.30. The van der Waals surface area contributed by atoms with Gasteiger partial charge >= 0.3 is 6.09 Å². The maximum Gasteiger partial charge on any atom is 0.419 e. The van der Waals surface area contributed by atoms with E-state index in [2.05, 4.69) is 6.07 Å². The van der Waals surface area contributed by atoms with Crippen molar-refractivity contribution < 1.29 is 14.6 Å². The highest BCUT2D eigenvalue weighted by Gasteiger charge is 2.21. The van der Waals surface area contributed by atoms with Gasteiger partial charge in [0.2, 0.25) is 0 Å². The van der Waals surface area contributed by atoms with Crippen LogP contribution in [0.3, 0.4) is 0 Å². The van der Waals surface area contributed by atoms with Gasteiger partial charge in [0.25, 0.3) is 0 Å². The third-order valence-corrected chi connectivity index (χ3v) is 3.11. The molecular weight excluding hydrogens is 280 g/mol. The molecule has 116 valence electrons. The van der Waals surface area contributed by atoms with Crippen LogP contribution in [0.1, 0.15) is 38.8 Å². The van der Waals surface area contributed by atoms with Gasteiger partial charge in [-0.3, -0.25) is 4.57 Å². The molecule has 1 heterocycles. The second-order valence-electron chi connectivity index (χ2n) is 6.41. The summed E-state index contributed by atoms with van der Waals surface area (Å²) in [4.78, 5) is 12.3. The van der Waals surface area contributed by atoms with Crippen molar-refractivity contribution in [2.45, 2.75) is 45.8 Å². The third kappa shape index (κ3) is 3.46. The van der Waals surface area contributed by atoms with E-state index in [1.54, 1.807) is 33.8 Å². The fourth-order valence-electron chi connectivity index (χ4n) is 2.30. The van der Waals surface area contributed by atoms with E-state index in [0.717, 1.165) is 5.56 Å². The molecule has 0 radical (unpaired) electrons. The highest BCUT2D eigenvalue weighted by molar-refractivity contribution is 5.94. The van der Waals surface area contributed by atoms with Crippen molar-refractivity contribution in [1.29, 1.82) is 5.26 Å². The smallest absolute Gasteiger partial charge is 0.419 e. The van der Waals surface area contributed by atoms with Crippen LogP contribution in [0.4, 0.5) is 4.79 Å². The van der Waals surface area contributed by atoms with Crippen molar-refractivity contribution in [3.05, 3.63) is 35.5 Å². The molecule has 0 saturated heterocycles. The van der Waals surface area contributed by atoms with E-state index in [0.29, 0.717) is 22.9 Å². The average molecular weight is 300 g/mol. The molecule has 1 aromatic carbocycles. The van der Waals surface area contributed by atoms with E-state index in [9.17, 15) is 15.2 Å². The first-order chi connectivity index (χ1) is 10.2. The standard InChI is InChI=1S/C17H20N2O3/c1-11(20)7-12-5-6-15-14(8-12)13(9-18)10-19(15)16(21)22-17(2,3)4/h5-6,8,10-11,20H,7H2,1-4H3. The minimum Gasteiger partial charge on any atom is -0.443 e. The summed E-state index contributed by atoms with van der Waals surface area (Å²) in [5.41, 5.74) is 1.35. The first-order valence-electron chi connectivity index (χ1n) is 7.17. The number of rotatable bonds is 2. The van der Waals surface area contributed by atoms with Gasteiger partial charge in [-0.05, 0) is 51.8 Å². The van der Waals surface area contributed by atoms with Crippen LogP contribution in [0.25, 0.3) is 10.9 Å². The van der Waals surface area contributed by atoms with E-state index >= 15 is 0 Å². The molecule has 0 aliphatic carbocycles. The molecule has 0 fully saturated rings. The van der Waals surface area contributed by atoms with Crippen molar-refractivity contribution in [3.8, 4) is 6.07 Å². The van der Waals surface area contributed by atoms with Crippen LogP contribution in [0, 0.1) is 11.3 Å². The molecule has 5 nitrogen and oxygen atoms in total. The van der Waals surface area contributed by atoms with Crippen LogP contribution in [-0.4, -0.2) is 27.5 Å². The third-order valence-electron chi connectivity index (χ3n) is 3.11. The predicted octanol–water partition coefficient (Wildman–Crippen LogP) is 3.22. The Morgan fingerprint density at radius 2 is 2.14 bits per heavy atom. The van der Waals surface area contributed by atoms with Gasteiger partial charge in [-0.1, -0.05) is 6.07 Å². The number of nitriles is 1. The molecule has 0 saturated carbocycles. The van der Waals surface area contributed by atoms with Crippen LogP contribution < -0.4 is 0 Å². The lowest BCUT2D eigenvalue weighted by atomic mass is 10.1. The molecule has 1 N–H and O–H groups in total. The summed E-state index contributed by atoms with van der Waals surface area (Å²) in [7, 11) is 0. The average Bonchev–Trinajstić information content (AvgIpc) is 2.74. The number of benzene rings is 1. The normalized spacial score (nSPS) is 12.9. The zero-order valence-corrected chi connectivity index (χ0v) is 13.3. The van der Waals surface area contributed by atoms with Crippen molar-refractivity contribution in [2.24, 2.45) is 0 Å². The second-order valence-corrected chi connectivity index (χ2v) is 6.41. The van der Waals surface area contributed by atoms with Crippen molar-refractivity contribution >= 4 is 17.0 Å². The number of hydrogen-bond acceptors (Lipinski definition) is 4. The van der Waals surface area contributed by atoms with Crippen LogP contribution in [-0.2, 0) is 11.2 Å². The van der Waals surface area contributed by atoms with Crippen LogP contribution in [0.2, 0.25) is 0 Å². The van der Waals surface area contributed by atoms with Gasteiger partial charge in [0, 0.05) is 11.6 Å². The van der Waals surface area contributed by atoms with Gasteiger partial charge in [0.05, 0.1) is 17.2 Å². The Morgan fingerprint density at radius 1 is 1.45 bits per heavy atom. The highest BCUT2D eigenvalue weighted by Crippen LogP contribution is 2.24. The Hall–Kier alpha value is -2.32. The van der Waals surface area contributed by atoms with Crippen LogP contribution >= 0.6 is 0 Å². The first-order valence-corrected chi connectivity index (χ1v) is 7.17. The second kappa shape index (κ2) is 5.82. The van der Waals surface area contributed by atoms with Crippen LogP contribution in [0.15, 0.2) is 24.4 Å². The minimum atomic E-state index is -0.604. The summed E-state index contributed by atoms with van der Waals surface area (Å²) >= 11 is 0. The molecule has 2 aromatic rings. The maximum absolute atomic E-state index is 12.3. The SMILES string of the molecule is CC(O)Cc1ccc2c(c1)c(C#N)cn2C(=O)OC(C)(C)C. The van der Waals surface area contributed by atoms with Crippen molar-refractivity contribution in [3.63, 3.8) is 0 Å². The number of ether oxygens (including phenoxy) is 1. The number of aromatic nitrogens is 1. The zero-order valence-electron chi connectivity index (χ0n) is 13.3. The number of fused-ring (bicyclic) bond motifs is 1. The molecule has 0 bridgehead atoms. The number of hydrogen-bond donors (Lipinski definition) is 1. The van der Waals surface area contributed by atoms with Gasteiger partial charge in [-0.15, -0.1) is 0 Å². The molecule has 1 aromatic heterocycles. The quantitative estimate of drug-likeness (QED) is 0.924. The van der Waals surface area contributed by atoms with E-state index in [1.807, 2.05) is 12.1 Å². The lowest BCUT2D eigenvalue weighted by Gasteiger charge is -2.19. The van der Waals surface area contributed by atoms with E-state index in [-0.39, 0.29) is 0 Å². The van der Waals surface area contributed by atoms with Crippen molar-refractivity contribution in [1.82, 2.24) is 4.57 Å². The molecule has 2 rings (SSSR count). The Kier molecular flexibility index (Phi) is 4.25. The van der Waals surface area contributed by atoms with E-state index in [1.165, 1.54) is 10.8 Å². The molecule has 5 heteroatoms. The van der Waals surface area contributed by atoms with Gasteiger partial charge in [-0.25, -0.2) is 4.79 Å². The number of carbonyl (C=O) groups is 1. The molecule has 0 aliphatic heterocycles. The Labute approximate surface area is 129 Å². The molecule has 1 atom stereocenters. The van der Waals surface area contributed by atoms with Crippen LogP contribution in [0.5, 0.6) is 0 Å². The molecule has 0 spiro atoms. The fraction of sp³-hybridized carbons (Fsp3) is 0.412. The lowest BCUT2D eigenvalue weighted by molar-refractivity contribution is 0.0544. The summed E-state index contributed by atoms with van der Waals surface area (Å²) in [6.07, 6.45) is 1.02. The summed E-state index contributed by atoms with van der Waals surface area (Å²) in [6, 6.07) is 7.55. The molecule has 0 amide bonds. The van der Waals surface area contributed by atoms with Gasteiger partial charge in [-0.2, -0.15) is 5.26 Å². The monoisotopic (exact) mass is 300 g/mol. The molecule has 1 unspecified atom stereocenters. The number of nitrogens with zero attached hydrogens (tertiary/aromatic N) is 2. The highest BCUT2D eigenvalue weighted by atomic mass is 16.6. The molecular formula is C17H20N2O3. The number of carbonyl (C=O) groups excluding carboxylic acids is 1. The molecule has 22 heavy (non-hydrogen) atoms. The summed E-state index contributed by atoms with van der Waals surface area (Å²) in [5.74, 6) is 0. The largest absolute Gasteiger partial charge is 0.443 e. The minimum absolute atomic E-state index is 0.410. The topological polar surface area (TPSA) is 75.2 Å². The number of aliphatic hydroxyl groups excluding tert-OH is 1. The Balaban J connectivity index is 2.50. The Bertz CT molecular complexity index is 746. The van der Waals surface area contributed by atoms with Crippen molar-refractivity contribution in [2.75, 3.05) is 0 Å². The first kappa shape index (κ1) is 16.1. The maximum atomic E-state index is 12.3. The van der Waals surface area contributed by atoms with Gasteiger partial charge < -0.3 is 9.84 Å². The number of aliphatic hydroxyl groups is 1. The van der Waals surface area contributed by atoms with Gasteiger partial charge in [0.15, 0.2) is 0 Å². The molecule has 0 aliphatic rings. The summed E-state index contributed by atoms with van der Waals surface area (Å²) in [6.45, 7) is 7.09. The van der Waals surface area contributed by atoms with E-state index in [4.69, 9.17) is 4.74 Å². The lowest BCUT2D eigenvalue weighted by Crippen LogP contribution is -2.26. The zero-order chi connectivity index (χ0) is 16.5. The summed E-state index contributed by atoms with van der Waals surface area (Å²) in [5, 5.41) is 19.4. The predicted molar refractivity (Wildman–Crippen MR) is 83.7 cm³/mol. The van der Waals surface area contributed by atoms with E-state index < -0.39 is 17.8 Å². The van der Waals surface area contributed by atoms with Gasteiger partial charge in [0.1, 0.15) is 11.7 Å². The summed E-state index contributed by atoms with van der Waals surface area (Å²) < 4.78 is 6.71.